The molecule has 0 spiro atoms. The van der Waals surface area contributed by atoms with E-state index in [4.69, 9.17) is 0 Å². The van der Waals surface area contributed by atoms with Crippen molar-refractivity contribution < 1.29 is 17.6 Å². The van der Waals surface area contributed by atoms with Gasteiger partial charge in [-0.05, 0) is 60.9 Å². The number of rotatable bonds is 6. The van der Waals surface area contributed by atoms with Crippen LogP contribution in [0.4, 0.5) is 4.39 Å². The third-order valence-electron chi connectivity index (χ3n) is 5.04. The number of benzene rings is 2. The third-order valence-corrected chi connectivity index (χ3v) is 6.81. The van der Waals surface area contributed by atoms with Gasteiger partial charge in [0.2, 0.25) is 9.84 Å². The molecule has 5 nitrogen and oxygen atoms in total. The highest BCUT2D eigenvalue weighted by atomic mass is 32.2. The normalized spacial score (nSPS) is 11.7. The summed E-state index contributed by atoms with van der Waals surface area (Å²) in [6.07, 6.45) is 5.99. The Hall–Kier alpha value is -3.32. The minimum atomic E-state index is -3.80. The van der Waals surface area contributed by atoms with Crippen LogP contribution in [0.1, 0.15) is 27.9 Å². The van der Waals surface area contributed by atoms with Gasteiger partial charge in [-0.25, -0.2) is 17.8 Å². The predicted octanol–water partition coefficient (Wildman–Crippen LogP) is 4.43. The molecule has 2 aromatic heterocycles. The minimum Gasteiger partial charge on any atom is -0.306 e. The van der Waals surface area contributed by atoms with Crippen LogP contribution in [-0.2, 0) is 16.3 Å². The number of pyridine rings is 1. The Balaban J connectivity index is 1.46. The van der Waals surface area contributed by atoms with Gasteiger partial charge >= 0.3 is 0 Å². The van der Waals surface area contributed by atoms with Gasteiger partial charge in [-0.2, -0.15) is 0 Å². The number of halogens is 1. The molecule has 7 heteroatoms. The Morgan fingerprint density at radius 2 is 1.77 bits per heavy atom. The summed E-state index contributed by atoms with van der Waals surface area (Å²) in [6, 6.07) is 13.8. The van der Waals surface area contributed by atoms with Crippen molar-refractivity contribution in [2.75, 3.05) is 0 Å². The van der Waals surface area contributed by atoms with Crippen LogP contribution in [0.3, 0.4) is 0 Å². The summed E-state index contributed by atoms with van der Waals surface area (Å²) in [7, 11) is -3.80. The number of aromatic nitrogens is 2. The maximum Gasteiger partial charge on any atom is 0.206 e. The van der Waals surface area contributed by atoms with Crippen LogP contribution in [0.25, 0.3) is 5.65 Å². The maximum absolute atomic E-state index is 13.8. The number of carbonyl (C=O) groups excluding carboxylic acids is 1. The first-order valence-electron chi connectivity index (χ1n) is 9.41. The Labute approximate surface area is 173 Å². The van der Waals surface area contributed by atoms with Gasteiger partial charge in [0.05, 0.1) is 9.79 Å². The molecule has 2 aromatic carbocycles. The van der Waals surface area contributed by atoms with Crippen LogP contribution in [-0.4, -0.2) is 23.6 Å². The molecule has 0 aliphatic carbocycles. The quantitative estimate of drug-likeness (QED) is 0.431. The van der Waals surface area contributed by atoms with Gasteiger partial charge in [-0.1, -0.05) is 18.2 Å². The first kappa shape index (κ1) is 20.0. The zero-order chi connectivity index (χ0) is 21.3. The molecular formula is C23H19FN2O3S. The highest BCUT2D eigenvalue weighted by Crippen LogP contribution is 2.23. The molecule has 2 heterocycles. The molecule has 0 aliphatic heterocycles. The number of nitrogens with zero attached hydrogens (tertiary/aromatic N) is 2. The highest BCUT2D eigenvalue weighted by Gasteiger charge is 2.19. The Morgan fingerprint density at radius 1 is 1.03 bits per heavy atom. The van der Waals surface area contributed by atoms with Crippen LogP contribution in [0.2, 0.25) is 0 Å². The van der Waals surface area contributed by atoms with Gasteiger partial charge in [-0.15, -0.1) is 0 Å². The molecular weight excluding hydrogens is 403 g/mol. The smallest absolute Gasteiger partial charge is 0.206 e. The molecule has 4 rings (SSSR count). The first-order chi connectivity index (χ1) is 14.3. The van der Waals surface area contributed by atoms with E-state index in [1.807, 2.05) is 0 Å². The van der Waals surface area contributed by atoms with Crippen molar-refractivity contribution in [3.63, 3.8) is 0 Å². The zero-order valence-electron chi connectivity index (χ0n) is 16.2. The molecule has 0 N–H and O–H groups in total. The number of fused-ring (bicyclic) bond motifs is 1. The van der Waals surface area contributed by atoms with Crippen molar-refractivity contribution in [2.45, 2.75) is 29.6 Å². The summed E-state index contributed by atoms with van der Waals surface area (Å²) in [5.74, 6) is -0.558. The van der Waals surface area contributed by atoms with Gasteiger partial charge in [0.1, 0.15) is 11.5 Å². The summed E-state index contributed by atoms with van der Waals surface area (Å²) >= 11 is 0. The molecule has 0 saturated carbocycles. The van der Waals surface area contributed by atoms with Gasteiger partial charge in [0.25, 0.3) is 0 Å². The molecule has 0 bridgehead atoms. The van der Waals surface area contributed by atoms with E-state index in [0.717, 1.165) is 17.3 Å². The fraction of sp³-hybridized carbons (Fsp3) is 0.130. The summed E-state index contributed by atoms with van der Waals surface area (Å²) in [5.41, 5.74) is 2.61. The second kappa shape index (κ2) is 7.84. The minimum absolute atomic E-state index is 0.00238. The van der Waals surface area contributed by atoms with Gasteiger partial charge < -0.3 is 4.40 Å². The average molecular weight is 422 g/mol. The number of Topliss-reactive ketones (excluding diaryl/α,β-unsaturated/α-hetero) is 1. The van der Waals surface area contributed by atoms with Gasteiger partial charge in [0.15, 0.2) is 5.78 Å². The number of aryl methyl sites for hydroxylation is 2. The van der Waals surface area contributed by atoms with Gasteiger partial charge in [-0.3, -0.25) is 4.79 Å². The second-order valence-electron chi connectivity index (χ2n) is 7.09. The van der Waals surface area contributed by atoms with Crippen molar-refractivity contribution in [3.8, 4) is 0 Å². The summed E-state index contributed by atoms with van der Waals surface area (Å²) in [4.78, 5) is 16.7. The van der Waals surface area contributed by atoms with Crippen molar-refractivity contribution >= 4 is 21.3 Å². The molecule has 0 atom stereocenters. The lowest BCUT2D eigenvalue weighted by atomic mass is 10.0. The molecule has 0 saturated heterocycles. The Kier molecular flexibility index (Phi) is 5.22. The Morgan fingerprint density at radius 3 is 2.50 bits per heavy atom. The molecule has 0 amide bonds. The molecule has 0 aliphatic rings. The fourth-order valence-electron chi connectivity index (χ4n) is 3.20. The van der Waals surface area contributed by atoms with E-state index < -0.39 is 15.7 Å². The van der Waals surface area contributed by atoms with E-state index in [-0.39, 0.29) is 15.6 Å². The van der Waals surface area contributed by atoms with Crippen LogP contribution in [0.15, 0.2) is 83.0 Å². The topological polar surface area (TPSA) is 68.5 Å². The molecule has 30 heavy (non-hydrogen) atoms. The number of hydrogen-bond acceptors (Lipinski definition) is 4. The van der Waals surface area contributed by atoms with Crippen molar-refractivity contribution in [1.29, 1.82) is 0 Å². The lowest BCUT2D eigenvalue weighted by Crippen LogP contribution is -2.04. The molecule has 4 aromatic rings. The number of carbonyl (C=O) groups is 1. The zero-order valence-corrected chi connectivity index (χ0v) is 17.1. The highest BCUT2D eigenvalue weighted by molar-refractivity contribution is 7.91. The number of ketones is 1. The van der Waals surface area contributed by atoms with E-state index >= 15 is 0 Å². The van der Waals surface area contributed by atoms with E-state index in [1.165, 1.54) is 24.3 Å². The molecule has 152 valence electrons. The lowest BCUT2D eigenvalue weighted by Gasteiger charge is -2.07. The summed E-state index contributed by atoms with van der Waals surface area (Å²) in [6.45, 7) is 1.58. The standard InChI is InChI=1S/C23H19FN2O3S/c1-16-2-7-20(14-21(16)24)30(28,29)19-8-3-17(4-9-19)5-10-22(27)18-6-11-23-25-12-13-26(23)15-18/h2-4,6-9,11-15H,5,10H2,1H3. The summed E-state index contributed by atoms with van der Waals surface area (Å²) < 4.78 is 41.0. The summed E-state index contributed by atoms with van der Waals surface area (Å²) in [5, 5.41) is 0. The van der Waals surface area contributed by atoms with Crippen LogP contribution >= 0.6 is 0 Å². The molecule has 0 fully saturated rings. The second-order valence-corrected chi connectivity index (χ2v) is 9.04. The molecule has 0 unspecified atom stereocenters. The largest absolute Gasteiger partial charge is 0.306 e. The number of hydrogen-bond donors (Lipinski definition) is 0. The molecule has 0 radical (unpaired) electrons. The SMILES string of the molecule is Cc1ccc(S(=O)(=O)c2ccc(CCC(=O)c3ccc4nccn4c3)cc2)cc1F. The van der Waals surface area contributed by atoms with Crippen molar-refractivity contribution in [2.24, 2.45) is 0 Å². The van der Waals surface area contributed by atoms with Gasteiger partial charge in [0, 0.05) is 30.6 Å². The number of imidazole rings is 1. The van der Waals surface area contributed by atoms with Crippen molar-refractivity contribution in [3.05, 3.63) is 95.7 Å². The lowest BCUT2D eigenvalue weighted by molar-refractivity contribution is 0.0982. The van der Waals surface area contributed by atoms with E-state index in [9.17, 15) is 17.6 Å². The average Bonchev–Trinajstić information content (AvgIpc) is 3.22. The fourth-order valence-corrected chi connectivity index (χ4v) is 4.47. The number of sulfone groups is 1. The van der Waals surface area contributed by atoms with Crippen molar-refractivity contribution in [1.82, 2.24) is 9.38 Å². The first-order valence-corrected chi connectivity index (χ1v) is 10.9. The van der Waals surface area contributed by atoms with Crippen LogP contribution in [0.5, 0.6) is 0 Å². The van der Waals surface area contributed by atoms with Crippen LogP contribution in [0, 0.1) is 12.7 Å². The van der Waals surface area contributed by atoms with E-state index in [2.05, 4.69) is 4.98 Å². The predicted molar refractivity (Wildman–Crippen MR) is 111 cm³/mol. The van der Waals surface area contributed by atoms with E-state index in [0.29, 0.717) is 24.0 Å². The third kappa shape index (κ3) is 3.89. The monoisotopic (exact) mass is 422 g/mol. The Bertz CT molecular complexity index is 1340. The van der Waals surface area contributed by atoms with E-state index in [1.54, 1.807) is 54.2 Å². The van der Waals surface area contributed by atoms with Crippen LogP contribution < -0.4 is 0 Å². The maximum atomic E-state index is 13.8.